The topological polar surface area (TPSA) is 42.4 Å². The van der Waals surface area contributed by atoms with E-state index in [1.165, 1.54) is 25.7 Å². The van der Waals surface area contributed by atoms with Gasteiger partial charge in [0.25, 0.3) is 0 Å². The highest BCUT2D eigenvalue weighted by Gasteiger charge is 2.15. The molecule has 1 aromatic carbocycles. The van der Waals surface area contributed by atoms with Crippen LogP contribution in [0.25, 0.3) is 10.9 Å². The van der Waals surface area contributed by atoms with Crippen LogP contribution in [-0.2, 0) is 6.61 Å². The van der Waals surface area contributed by atoms with E-state index < -0.39 is 0 Å². The van der Waals surface area contributed by atoms with E-state index >= 15 is 0 Å². The first-order valence-corrected chi connectivity index (χ1v) is 7.53. The molecule has 0 atom stereocenters. The van der Waals surface area contributed by atoms with Gasteiger partial charge in [-0.1, -0.05) is 25.0 Å². The van der Waals surface area contributed by atoms with Crippen LogP contribution in [0.3, 0.4) is 0 Å². The zero-order chi connectivity index (χ0) is 13.8. The summed E-state index contributed by atoms with van der Waals surface area (Å²) in [5.74, 6) is 0.867. The Balaban J connectivity index is 1.92. The van der Waals surface area contributed by atoms with Gasteiger partial charge in [-0.2, -0.15) is 0 Å². The van der Waals surface area contributed by atoms with Crippen molar-refractivity contribution in [3.63, 3.8) is 0 Å². The second-order valence-electron chi connectivity index (χ2n) is 5.52. The number of aliphatic hydroxyl groups excluding tert-OH is 1. The van der Waals surface area contributed by atoms with Crippen LogP contribution < -0.4 is 4.74 Å². The molecule has 0 aliphatic heterocycles. The van der Waals surface area contributed by atoms with Crippen LogP contribution >= 0.6 is 0 Å². The zero-order valence-electron chi connectivity index (χ0n) is 11.7. The van der Waals surface area contributed by atoms with Gasteiger partial charge in [-0.3, -0.25) is 4.98 Å². The molecule has 106 valence electrons. The van der Waals surface area contributed by atoms with Gasteiger partial charge in [0.05, 0.1) is 23.9 Å². The Morgan fingerprint density at radius 2 is 1.85 bits per heavy atom. The predicted octanol–water partition coefficient (Wildman–Crippen LogP) is 3.83. The van der Waals surface area contributed by atoms with Crippen molar-refractivity contribution in [2.24, 2.45) is 0 Å². The lowest BCUT2D eigenvalue weighted by Crippen LogP contribution is -2.15. The zero-order valence-corrected chi connectivity index (χ0v) is 11.7. The fraction of sp³-hybridized carbons (Fsp3) is 0.471. The largest absolute Gasteiger partial charge is 0.490 e. The van der Waals surface area contributed by atoms with Crippen molar-refractivity contribution >= 4 is 10.9 Å². The SMILES string of the molecule is OCc1cc(OC2CCCCCC2)c2ccccc2n1. The summed E-state index contributed by atoms with van der Waals surface area (Å²) in [6.45, 7) is -0.0497. The first kappa shape index (κ1) is 13.4. The Bertz CT molecular complexity index is 574. The van der Waals surface area contributed by atoms with Crippen molar-refractivity contribution in [2.75, 3.05) is 0 Å². The fourth-order valence-corrected chi connectivity index (χ4v) is 2.91. The Kier molecular flexibility index (Phi) is 4.16. The third-order valence-electron chi connectivity index (χ3n) is 3.99. The van der Waals surface area contributed by atoms with E-state index in [1.807, 2.05) is 30.3 Å². The van der Waals surface area contributed by atoms with Gasteiger partial charge in [0.15, 0.2) is 0 Å². The molecule has 1 fully saturated rings. The molecule has 20 heavy (non-hydrogen) atoms. The van der Waals surface area contributed by atoms with Crippen LogP contribution in [-0.4, -0.2) is 16.2 Å². The summed E-state index contributed by atoms with van der Waals surface area (Å²) in [5, 5.41) is 10.4. The molecule has 1 aliphatic rings. The van der Waals surface area contributed by atoms with Gasteiger partial charge in [-0.05, 0) is 37.8 Å². The summed E-state index contributed by atoms with van der Waals surface area (Å²) < 4.78 is 6.24. The number of hydrogen-bond donors (Lipinski definition) is 1. The molecule has 0 spiro atoms. The molecule has 0 bridgehead atoms. The highest BCUT2D eigenvalue weighted by molar-refractivity contribution is 5.85. The number of ether oxygens (including phenoxy) is 1. The lowest BCUT2D eigenvalue weighted by molar-refractivity contribution is 0.185. The van der Waals surface area contributed by atoms with Crippen molar-refractivity contribution in [3.8, 4) is 5.75 Å². The minimum Gasteiger partial charge on any atom is -0.490 e. The molecule has 1 N–H and O–H groups in total. The van der Waals surface area contributed by atoms with E-state index in [-0.39, 0.29) is 6.61 Å². The van der Waals surface area contributed by atoms with E-state index in [0.29, 0.717) is 11.8 Å². The molecule has 3 rings (SSSR count). The van der Waals surface area contributed by atoms with Crippen molar-refractivity contribution in [2.45, 2.75) is 51.2 Å². The molecule has 0 amide bonds. The number of aromatic nitrogens is 1. The van der Waals surface area contributed by atoms with Crippen LogP contribution in [0.2, 0.25) is 0 Å². The average Bonchev–Trinajstić information content (AvgIpc) is 2.75. The third-order valence-corrected chi connectivity index (χ3v) is 3.99. The number of para-hydroxylation sites is 1. The molecule has 0 saturated heterocycles. The van der Waals surface area contributed by atoms with Gasteiger partial charge in [-0.15, -0.1) is 0 Å². The number of rotatable bonds is 3. The molecule has 0 radical (unpaired) electrons. The quantitative estimate of drug-likeness (QED) is 0.863. The summed E-state index contributed by atoms with van der Waals surface area (Å²) in [4.78, 5) is 4.44. The number of fused-ring (bicyclic) bond motifs is 1. The highest BCUT2D eigenvalue weighted by Crippen LogP contribution is 2.29. The number of hydrogen-bond acceptors (Lipinski definition) is 3. The molecule has 3 nitrogen and oxygen atoms in total. The summed E-state index contributed by atoms with van der Waals surface area (Å²) in [7, 11) is 0. The lowest BCUT2D eigenvalue weighted by Gasteiger charge is -2.18. The van der Waals surface area contributed by atoms with Crippen LogP contribution in [0, 0.1) is 0 Å². The lowest BCUT2D eigenvalue weighted by atomic mass is 10.1. The smallest absolute Gasteiger partial charge is 0.131 e. The standard InChI is InChI=1S/C17H21NO2/c19-12-13-11-17(15-9-5-6-10-16(15)18-13)20-14-7-3-1-2-4-8-14/h5-6,9-11,14,19H,1-4,7-8,12H2. The van der Waals surface area contributed by atoms with Crippen LogP contribution in [0.1, 0.15) is 44.2 Å². The number of pyridine rings is 1. The Hall–Kier alpha value is -1.61. The summed E-state index contributed by atoms with van der Waals surface area (Å²) in [5.41, 5.74) is 1.56. The first-order chi connectivity index (χ1) is 9.86. The molecule has 1 aromatic heterocycles. The molecule has 3 heteroatoms. The number of aliphatic hydroxyl groups is 1. The van der Waals surface area contributed by atoms with Crippen molar-refractivity contribution in [3.05, 3.63) is 36.0 Å². The maximum absolute atomic E-state index is 9.35. The third kappa shape index (κ3) is 2.93. The second kappa shape index (κ2) is 6.23. The van der Waals surface area contributed by atoms with Gasteiger partial charge >= 0.3 is 0 Å². The maximum atomic E-state index is 9.35. The number of nitrogens with zero attached hydrogens (tertiary/aromatic N) is 1. The molecule has 1 aliphatic carbocycles. The molecule has 0 unspecified atom stereocenters. The van der Waals surface area contributed by atoms with Gasteiger partial charge < -0.3 is 9.84 Å². The monoisotopic (exact) mass is 271 g/mol. The maximum Gasteiger partial charge on any atom is 0.131 e. The van der Waals surface area contributed by atoms with Gasteiger partial charge in [0.2, 0.25) is 0 Å². The van der Waals surface area contributed by atoms with E-state index in [4.69, 9.17) is 4.74 Å². The minimum atomic E-state index is -0.0497. The van der Waals surface area contributed by atoms with Crippen LogP contribution in [0.5, 0.6) is 5.75 Å². The summed E-state index contributed by atoms with van der Waals surface area (Å²) in [6.07, 6.45) is 7.70. The fourth-order valence-electron chi connectivity index (χ4n) is 2.91. The van der Waals surface area contributed by atoms with Crippen molar-refractivity contribution in [1.82, 2.24) is 4.98 Å². The van der Waals surface area contributed by atoms with E-state index in [0.717, 1.165) is 29.5 Å². The Labute approximate surface area is 119 Å². The van der Waals surface area contributed by atoms with Crippen LogP contribution in [0.15, 0.2) is 30.3 Å². The summed E-state index contributed by atoms with van der Waals surface area (Å²) >= 11 is 0. The van der Waals surface area contributed by atoms with Crippen molar-refractivity contribution in [1.29, 1.82) is 0 Å². The molecule has 2 aromatic rings. The van der Waals surface area contributed by atoms with E-state index in [1.54, 1.807) is 0 Å². The molecule has 1 saturated carbocycles. The first-order valence-electron chi connectivity index (χ1n) is 7.53. The van der Waals surface area contributed by atoms with E-state index in [9.17, 15) is 5.11 Å². The van der Waals surface area contributed by atoms with Crippen molar-refractivity contribution < 1.29 is 9.84 Å². The van der Waals surface area contributed by atoms with Gasteiger partial charge in [0.1, 0.15) is 5.75 Å². The predicted molar refractivity (Wildman–Crippen MR) is 79.8 cm³/mol. The normalized spacial score (nSPS) is 17.1. The van der Waals surface area contributed by atoms with Crippen LogP contribution in [0.4, 0.5) is 0 Å². The second-order valence-corrected chi connectivity index (χ2v) is 5.52. The Morgan fingerprint density at radius 1 is 1.10 bits per heavy atom. The highest BCUT2D eigenvalue weighted by atomic mass is 16.5. The van der Waals surface area contributed by atoms with E-state index in [2.05, 4.69) is 4.98 Å². The number of benzene rings is 1. The Morgan fingerprint density at radius 3 is 2.60 bits per heavy atom. The van der Waals surface area contributed by atoms with Gasteiger partial charge in [-0.25, -0.2) is 0 Å². The molecule has 1 heterocycles. The van der Waals surface area contributed by atoms with Gasteiger partial charge in [0, 0.05) is 11.5 Å². The average molecular weight is 271 g/mol. The summed E-state index contributed by atoms with van der Waals surface area (Å²) in [6, 6.07) is 9.85. The molecular formula is C17H21NO2. The minimum absolute atomic E-state index is 0.0497. The molecular weight excluding hydrogens is 250 g/mol.